The Morgan fingerprint density at radius 2 is 1.70 bits per heavy atom. The van der Waals surface area contributed by atoms with Crippen molar-refractivity contribution in [2.75, 3.05) is 39.2 Å². The molecule has 0 heterocycles. The number of rotatable bonds is 11. The van der Waals surface area contributed by atoms with Crippen LogP contribution in [0.3, 0.4) is 0 Å². The molecule has 0 aromatic heterocycles. The smallest absolute Gasteiger partial charge is 0.322 e. The van der Waals surface area contributed by atoms with Gasteiger partial charge in [0.2, 0.25) is 0 Å². The summed E-state index contributed by atoms with van der Waals surface area (Å²) in [5, 5.41) is 12.4. The van der Waals surface area contributed by atoms with Gasteiger partial charge in [-0.2, -0.15) is 0 Å². The van der Waals surface area contributed by atoms with Crippen LogP contribution in [0.15, 0.2) is 42.5 Å². The van der Waals surface area contributed by atoms with E-state index in [-0.39, 0.29) is 37.3 Å². The summed E-state index contributed by atoms with van der Waals surface area (Å²) in [6, 6.07) is 7.85. The number of urea groups is 1. The molecule has 0 saturated carbocycles. The molecule has 0 radical (unpaired) electrons. The molecule has 3 atom stereocenters. The van der Waals surface area contributed by atoms with Crippen LogP contribution in [0.25, 0.3) is 0 Å². The van der Waals surface area contributed by atoms with Gasteiger partial charge in [-0.05, 0) is 56.4 Å². The Kier molecular flexibility index (Phi) is 10.1. The van der Waals surface area contributed by atoms with E-state index in [1.165, 1.54) is 35.2 Å². The van der Waals surface area contributed by atoms with Crippen molar-refractivity contribution in [2.24, 2.45) is 5.92 Å². The van der Waals surface area contributed by atoms with E-state index in [0.717, 1.165) is 12.1 Å². The molecule has 2 amide bonds. The second-order valence-corrected chi connectivity index (χ2v) is 8.30. The molecule has 0 saturated heterocycles. The Bertz CT molecular complexity index is 898. The first kappa shape index (κ1) is 26.6. The van der Waals surface area contributed by atoms with Crippen molar-refractivity contribution in [1.82, 2.24) is 9.80 Å². The molecule has 2 N–H and O–H groups in total. The van der Waals surface area contributed by atoms with Crippen LogP contribution in [0.4, 0.5) is 23.7 Å². The average Bonchev–Trinajstić information content (AvgIpc) is 2.79. The lowest BCUT2D eigenvalue weighted by Gasteiger charge is -2.34. The first-order chi connectivity index (χ1) is 15.6. The third kappa shape index (κ3) is 8.03. The Morgan fingerprint density at radius 3 is 2.30 bits per heavy atom. The highest BCUT2D eigenvalue weighted by Gasteiger charge is 2.27. The molecule has 0 aliphatic carbocycles. The van der Waals surface area contributed by atoms with Crippen LogP contribution in [-0.2, 0) is 11.3 Å². The maximum atomic E-state index is 14.0. The number of aliphatic hydroxyl groups excluding tert-OH is 1. The molecule has 2 rings (SSSR count). The third-order valence-electron chi connectivity index (χ3n) is 5.51. The Labute approximate surface area is 193 Å². The summed E-state index contributed by atoms with van der Waals surface area (Å²) >= 11 is 0. The standard InChI is InChI=1S/C24H32F3N3O3/c1-16(23(33-4)14-29(3)13-18-11-20(26)7-10-22(18)27)12-30(17(2)15-31)24(32)28-21-8-5-19(25)6-9-21/h5-11,16-17,23,31H,12-15H2,1-4H3,(H,28,32)/t16-,17-,23-/m0/s1. The third-order valence-corrected chi connectivity index (χ3v) is 5.51. The minimum absolute atomic E-state index is 0.150. The SMILES string of the molecule is CO[C@@H](CN(C)Cc1cc(F)ccc1F)[C@@H](C)CN(C(=O)Nc1ccc(F)cc1)[C@@H](C)CO. The summed E-state index contributed by atoms with van der Waals surface area (Å²) in [5.74, 6) is -1.54. The number of anilines is 1. The van der Waals surface area contributed by atoms with E-state index in [9.17, 15) is 23.1 Å². The van der Waals surface area contributed by atoms with E-state index in [1.807, 2.05) is 11.8 Å². The first-order valence-corrected chi connectivity index (χ1v) is 10.7. The largest absolute Gasteiger partial charge is 0.394 e. The molecule has 9 heteroatoms. The summed E-state index contributed by atoms with van der Waals surface area (Å²) in [6.07, 6.45) is -0.321. The highest BCUT2D eigenvalue weighted by atomic mass is 19.1. The van der Waals surface area contributed by atoms with Crippen LogP contribution in [0.2, 0.25) is 0 Å². The first-order valence-electron chi connectivity index (χ1n) is 10.7. The number of benzene rings is 2. The van der Waals surface area contributed by atoms with Crippen molar-refractivity contribution in [1.29, 1.82) is 0 Å². The topological polar surface area (TPSA) is 65.0 Å². The normalized spacial score (nSPS) is 14.1. The minimum atomic E-state index is -0.503. The molecule has 0 spiro atoms. The zero-order valence-electron chi connectivity index (χ0n) is 19.4. The molecule has 6 nitrogen and oxygen atoms in total. The predicted molar refractivity (Wildman–Crippen MR) is 121 cm³/mol. The van der Waals surface area contributed by atoms with E-state index in [0.29, 0.717) is 12.2 Å². The number of nitrogens with one attached hydrogen (secondary N) is 1. The van der Waals surface area contributed by atoms with E-state index in [4.69, 9.17) is 4.74 Å². The number of likely N-dealkylation sites (N-methyl/N-ethyl adjacent to an activating group) is 1. The summed E-state index contributed by atoms with van der Waals surface area (Å²) < 4.78 is 46.2. The van der Waals surface area contributed by atoms with Crippen LogP contribution in [-0.4, -0.2) is 66.9 Å². The van der Waals surface area contributed by atoms with Crippen LogP contribution < -0.4 is 5.32 Å². The van der Waals surface area contributed by atoms with Gasteiger partial charge in [0.25, 0.3) is 0 Å². The van der Waals surface area contributed by atoms with E-state index in [2.05, 4.69) is 5.32 Å². The lowest BCUT2D eigenvalue weighted by Crippen LogP contribution is -2.48. The number of amides is 2. The molecule has 0 aliphatic heterocycles. The molecule has 0 fully saturated rings. The molecular weight excluding hydrogens is 435 g/mol. The minimum Gasteiger partial charge on any atom is -0.394 e. The fourth-order valence-electron chi connectivity index (χ4n) is 3.53. The van der Waals surface area contributed by atoms with Crippen molar-refractivity contribution in [2.45, 2.75) is 32.5 Å². The van der Waals surface area contributed by atoms with E-state index in [1.54, 1.807) is 21.1 Å². The van der Waals surface area contributed by atoms with Crippen LogP contribution in [0.5, 0.6) is 0 Å². The summed E-state index contributed by atoms with van der Waals surface area (Å²) in [5.41, 5.74) is 0.679. The van der Waals surface area contributed by atoms with Crippen molar-refractivity contribution in [3.63, 3.8) is 0 Å². The Morgan fingerprint density at radius 1 is 1.06 bits per heavy atom. The highest BCUT2D eigenvalue weighted by molar-refractivity contribution is 5.89. The molecule has 0 bridgehead atoms. The summed E-state index contributed by atoms with van der Waals surface area (Å²) in [7, 11) is 3.33. The van der Waals surface area contributed by atoms with Crippen LogP contribution in [0.1, 0.15) is 19.4 Å². The van der Waals surface area contributed by atoms with Crippen molar-refractivity contribution in [3.05, 3.63) is 65.5 Å². The van der Waals surface area contributed by atoms with Gasteiger partial charge in [-0.15, -0.1) is 0 Å². The number of aliphatic hydroxyl groups is 1. The number of hydrogen-bond acceptors (Lipinski definition) is 4. The molecule has 33 heavy (non-hydrogen) atoms. The number of nitrogens with zero attached hydrogens (tertiary/aromatic N) is 2. The fraction of sp³-hybridized carbons (Fsp3) is 0.458. The molecule has 2 aromatic carbocycles. The molecular formula is C24H32F3N3O3. The Hall–Kier alpha value is -2.62. The van der Waals surface area contributed by atoms with Gasteiger partial charge in [-0.3, -0.25) is 4.90 Å². The molecule has 0 unspecified atom stereocenters. The van der Waals surface area contributed by atoms with Gasteiger partial charge in [0.15, 0.2) is 0 Å². The molecule has 182 valence electrons. The number of carbonyl (C=O) groups is 1. The maximum Gasteiger partial charge on any atom is 0.322 e. The van der Waals surface area contributed by atoms with Crippen molar-refractivity contribution < 1.29 is 27.8 Å². The van der Waals surface area contributed by atoms with Crippen LogP contribution >= 0.6 is 0 Å². The number of hydrogen-bond donors (Lipinski definition) is 2. The monoisotopic (exact) mass is 467 g/mol. The Balaban J connectivity index is 2.04. The van der Waals surface area contributed by atoms with Gasteiger partial charge >= 0.3 is 6.03 Å². The van der Waals surface area contributed by atoms with Gasteiger partial charge in [0.05, 0.1) is 18.8 Å². The second kappa shape index (κ2) is 12.6. The quantitative estimate of drug-likeness (QED) is 0.522. The number of carbonyl (C=O) groups excluding carboxylic acids is 1. The van der Waals surface area contributed by atoms with Gasteiger partial charge in [-0.25, -0.2) is 18.0 Å². The predicted octanol–water partition coefficient (Wildman–Crippen LogP) is 4.10. The van der Waals surface area contributed by atoms with Crippen LogP contribution in [0, 0.1) is 23.4 Å². The van der Waals surface area contributed by atoms with Gasteiger partial charge in [0, 0.05) is 43.9 Å². The van der Waals surface area contributed by atoms with Gasteiger partial charge in [0.1, 0.15) is 17.5 Å². The molecule has 0 aliphatic rings. The number of ether oxygens (including phenoxy) is 1. The zero-order valence-corrected chi connectivity index (χ0v) is 19.4. The van der Waals surface area contributed by atoms with Gasteiger partial charge in [-0.1, -0.05) is 6.92 Å². The summed E-state index contributed by atoms with van der Waals surface area (Å²) in [6.45, 7) is 4.27. The average molecular weight is 468 g/mol. The zero-order chi connectivity index (χ0) is 24.5. The highest BCUT2D eigenvalue weighted by Crippen LogP contribution is 2.17. The van der Waals surface area contributed by atoms with Gasteiger partial charge < -0.3 is 20.1 Å². The number of halogens is 3. The maximum absolute atomic E-state index is 14.0. The van der Waals surface area contributed by atoms with Crippen molar-refractivity contribution in [3.8, 4) is 0 Å². The molecule has 2 aromatic rings. The lowest BCUT2D eigenvalue weighted by molar-refractivity contribution is 0.0175. The lowest BCUT2D eigenvalue weighted by atomic mass is 10.0. The fourth-order valence-corrected chi connectivity index (χ4v) is 3.53. The second-order valence-electron chi connectivity index (χ2n) is 8.30. The van der Waals surface area contributed by atoms with E-state index < -0.39 is 29.5 Å². The van der Waals surface area contributed by atoms with Crippen molar-refractivity contribution >= 4 is 11.7 Å². The number of methoxy groups -OCH3 is 1. The summed E-state index contributed by atoms with van der Waals surface area (Å²) in [4.78, 5) is 16.2. The van der Waals surface area contributed by atoms with E-state index >= 15 is 0 Å².